The van der Waals surface area contributed by atoms with Crippen LogP contribution >= 0.6 is 0 Å². The van der Waals surface area contributed by atoms with Crippen molar-refractivity contribution in [2.24, 2.45) is 5.73 Å². The van der Waals surface area contributed by atoms with Gasteiger partial charge in [0.1, 0.15) is 24.1 Å². The highest BCUT2D eigenvalue weighted by atomic mass is 16.6. The number of aromatic amines is 1. The Labute approximate surface area is 180 Å². The SMILES string of the molecule is NC(Cc1ccc(O)cc1)C(=O)NC(C(=O)O)C1OC(n2cc(C=O)[nH]c2=O)C(O)C1O. The number of H-pyrrole nitrogens is 1. The smallest absolute Gasteiger partial charge is 0.329 e. The number of carboxylic acids is 1. The number of nitrogens with two attached hydrogens (primary N) is 1. The van der Waals surface area contributed by atoms with Crippen LogP contribution in [0.15, 0.2) is 35.3 Å². The lowest BCUT2D eigenvalue weighted by Gasteiger charge is -2.24. The first-order chi connectivity index (χ1) is 15.1. The minimum absolute atomic E-state index is 0.0278. The molecule has 1 aliphatic rings. The number of rotatable bonds is 8. The second-order valence-corrected chi connectivity index (χ2v) is 7.31. The zero-order valence-corrected chi connectivity index (χ0v) is 16.5. The van der Waals surface area contributed by atoms with Crippen LogP contribution in [0, 0.1) is 0 Å². The average molecular weight is 450 g/mol. The van der Waals surface area contributed by atoms with Gasteiger partial charge in [0.2, 0.25) is 5.91 Å². The number of aromatic nitrogens is 2. The molecule has 13 nitrogen and oxygen atoms in total. The molecular weight excluding hydrogens is 428 g/mol. The molecule has 2 aromatic rings. The van der Waals surface area contributed by atoms with Crippen molar-refractivity contribution < 1.29 is 39.5 Å². The number of nitrogens with one attached hydrogen (secondary N) is 2. The van der Waals surface area contributed by atoms with Gasteiger partial charge in [-0.2, -0.15) is 0 Å². The number of hydrogen-bond acceptors (Lipinski definition) is 9. The van der Waals surface area contributed by atoms with Crippen LogP contribution in [0.5, 0.6) is 5.75 Å². The van der Waals surface area contributed by atoms with Gasteiger partial charge in [-0.3, -0.25) is 14.2 Å². The largest absolute Gasteiger partial charge is 0.508 e. The standard InChI is InChI=1S/C19H22N4O9/c20-11(5-8-1-3-10(25)4-2-8)16(28)22-12(18(29)30)15-13(26)14(27)17(32-15)23-6-9(7-24)21-19(23)31/h1-4,6-7,11-15,17,25-27H,5,20H2,(H,21,31)(H,22,28)(H,29,30). The lowest BCUT2D eigenvalue weighted by Crippen LogP contribution is -2.56. The van der Waals surface area contributed by atoms with Gasteiger partial charge in [-0.1, -0.05) is 12.1 Å². The van der Waals surface area contributed by atoms with Gasteiger partial charge in [0.05, 0.1) is 11.7 Å². The van der Waals surface area contributed by atoms with Crippen molar-refractivity contribution in [2.45, 2.75) is 43.0 Å². The number of ether oxygens (including phenoxy) is 1. The molecule has 8 N–H and O–H groups in total. The Morgan fingerprint density at radius 3 is 2.47 bits per heavy atom. The summed E-state index contributed by atoms with van der Waals surface area (Å²) in [6.45, 7) is 0. The molecule has 13 heteroatoms. The van der Waals surface area contributed by atoms with Crippen molar-refractivity contribution in [3.63, 3.8) is 0 Å². The second-order valence-electron chi connectivity index (χ2n) is 7.31. The third-order valence-corrected chi connectivity index (χ3v) is 5.06. The third-order valence-electron chi connectivity index (χ3n) is 5.06. The fourth-order valence-electron chi connectivity index (χ4n) is 3.39. The zero-order chi connectivity index (χ0) is 23.6. The van der Waals surface area contributed by atoms with E-state index in [1.165, 1.54) is 12.1 Å². The van der Waals surface area contributed by atoms with E-state index < -0.39 is 54.2 Å². The summed E-state index contributed by atoms with van der Waals surface area (Å²) in [5.74, 6) is -2.40. The van der Waals surface area contributed by atoms with Crippen molar-refractivity contribution in [1.29, 1.82) is 0 Å². The fourth-order valence-corrected chi connectivity index (χ4v) is 3.39. The number of imidazole rings is 1. The van der Waals surface area contributed by atoms with E-state index in [4.69, 9.17) is 10.5 Å². The zero-order valence-electron chi connectivity index (χ0n) is 16.5. The summed E-state index contributed by atoms with van der Waals surface area (Å²) in [5.41, 5.74) is 5.52. The van der Waals surface area contributed by atoms with Gasteiger partial charge in [0, 0.05) is 6.20 Å². The quantitative estimate of drug-likeness (QED) is 0.209. The summed E-state index contributed by atoms with van der Waals surface area (Å²) in [6, 6.07) is 2.94. The number of hydrogen-bond donors (Lipinski definition) is 7. The predicted molar refractivity (Wildman–Crippen MR) is 106 cm³/mol. The van der Waals surface area contributed by atoms with Crippen molar-refractivity contribution >= 4 is 18.2 Å². The van der Waals surface area contributed by atoms with Gasteiger partial charge in [-0.05, 0) is 24.1 Å². The molecule has 2 heterocycles. The molecule has 0 saturated carbocycles. The molecule has 6 atom stereocenters. The van der Waals surface area contributed by atoms with E-state index >= 15 is 0 Å². The molecule has 1 saturated heterocycles. The van der Waals surface area contributed by atoms with Crippen LogP contribution in [0.2, 0.25) is 0 Å². The van der Waals surface area contributed by atoms with E-state index in [0.29, 0.717) is 11.8 Å². The van der Waals surface area contributed by atoms with Crippen LogP contribution in [-0.2, 0) is 20.7 Å². The number of carboxylic acid groups (broad SMARTS) is 1. The van der Waals surface area contributed by atoms with Crippen LogP contribution in [0.4, 0.5) is 0 Å². The number of aliphatic carboxylic acids is 1. The molecule has 1 aliphatic heterocycles. The Hall–Kier alpha value is -3.52. The number of benzene rings is 1. The molecule has 0 spiro atoms. The van der Waals surface area contributed by atoms with Crippen molar-refractivity contribution in [3.8, 4) is 5.75 Å². The number of amides is 1. The number of phenols is 1. The maximum atomic E-state index is 12.5. The Balaban J connectivity index is 1.74. The Kier molecular flexibility index (Phi) is 6.74. The fraction of sp³-hybridized carbons (Fsp3) is 0.368. The van der Waals surface area contributed by atoms with Crippen LogP contribution in [0.3, 0.4) is 0 Å². The van der Waals surface area contributed by atoms with Gasteiger partial charge in [0.15, 0.2) is 18.6 Å². The first-order valence-corrected chi connectivity index (χ1v) is 9.47. The van der Waals surface area contributed by atoms with E-state index in [0.717, 1.165) is 10.8 Å². The molecule has 6 unspecified atom stereocenters. The van der Waals surface area contributed by atoms with Crippen LogP contribution < -0.4 is 16.7 Å². The minimum atomic E-state index is -1.80. The highest BCUT2D eigenvalue weighted by molar-refractivity contribution is 5.87. The summed E-state index contributed by atoms with van der Waals surface area (Å²) < 4.78 is 6.21. The maximum absolute atomic E-state index is 12.5. The van der Waals surface area contributed by atoms with Gasteiger partial charge >= 0.3 is 11.7 Å². The van der Waals surface area contributed by atoms with Gasteiger partial charge in [-0.25, -0.2) is 9.59 Å². The summed E-state index contributed by atoms with van der Waals surface area (Å²) in [7, 11) is 0. The first kappa shape index (κ1) is 23.1. The Morgan fingerprint density at radius 1 is 1.25 bits per heavy atom. The first-order valence-electron chi connectivity index (χ1n) is 9.47. The summed E-state index contributed by atoms with van der Waals surface area (Å²) >= 11 is 0. The lowest BCUT2D eigenvalue weighted by molar-refractivity contribution is -0.149. The van der Waals surface area contributed by atoms with Crippen molar-refractivity contribution in [1.82, 2.24) is 14.9 Å². The number of aldehydes is 1. The second kappa shape index (κ2) is 9.32. The Bertz CT molecular complexity index is 1050. The molecule has 0 bridgehead atoms. The molecule has 1 aromatic heterocycles. The summed E-state index contributed by atoms with van der Waals surface area (Å²) in [6.07, 6.45) is -5.21. The van der Waals surface area contributed by atoms with Gasteiger partial charge in [0.25, 0.3) is 0 Å². The number of aromatic hydroxyl groups is 1. The van der Waals surface area contributed by atoms with E-state index in [9.17, 15) is 39.6 Å². The normalized spacial score (nSPS) is 24.6. The Morgan fingerprint density at radius 2 is 1.91 bits per heavy atom. The molecule has 1 amide bonds. The van der Waals surface area contributed by atoms with Crippen LogP contribution in [0.25, 0.3) is 0 Å². The van der Waals surface area contributed by atoms with E-state index in [1.807, 2.05) is 0 Å². The monoisotopic (exact) mass is 450 g/mol. The maximum Gasteiger partial charge on any atom is 0.329 e. The molecule has 172 valence electrons. The average Bonchev–Trinajstić information content (AvgIpc) is 3.27. The summed E-state index contributed by atoms with van der Waals surface area (Å²) in [5, 5.41) is 41.7. The highest BCUT2D eigenvalue weighted by Gasteiger charge is 2.50. The predicted octanol–water partition coefficient (Wildman–Crippen LogP) is -2.55. The summed E-state index contributed by atoms with van der Waals surface area (Å²) in [4.78, 5) is 49.3. The number of phenolic OH excluding ortho intramolecular Hbond substituents is 1. The van der Waals surface area contributed by atoms with Crippen molar-refractivity contribution in [3.05, 3.63) is 52.2 Å². The lowest BCUT2D eigenvalue weighted by atomic mass is 10.0. The number of aliphatic hydroxyl groups is 2. The van der Waals surface area contributed by atoms with Crippen molar-refractivity contribution in [2.75, 3.05) is 0 Å². The van der Waals surface area contributed by atoms with E-state index in [-0.39, 0.29) is 17.9 Å². The molecule has 3 rings (SSSR count). The van der Waals surface area contributed by atoms with E-state index in [1.54, 1.807) is 12.1 Å². The number of carbonyl (C=O) groups is 3. The molecule has 32 heavy (non-hydrogen) atoms. The number of nitrogens with zero attached hydrogens (tertiary/aromatic N) is 1. The number of aliphatic hydroxyl groups excluding tert-OH is 2. The van der Waals surface area contributed by atoms with Gasteiger partial charge < -0.3 is 41.2 Å². The minimum Gasteiger partial charge on any atom is -0.508 e. The van der Waals surface area contributed by atoms with Crippen LogP contribution in [0.1, 0.15) is 22.3 Å². The molecule has 1 fully saturated rings. The number of carbonyl (C=O) groups excluding carboxylic acids is 2. The highest BCUT2D eigenvalue weighted by Crippen LogP contribution is 2.30. The van der Waals surface area contributed by atoms with Crippen LogP contribution in [-0.4, -0.2) is 78.5 Å². The van der Waals surface area contributed by atoms with E-state index in [2.05, 4.69) is 10.3 Å². The topological polar surface area (TPSA) is 217 Å². The molecular formula is C19H22N4O9. The molecule has 0 radical (unpaired) electrons. The van der Waals surface area contributed by atoms with Gasteiger partial charge in [-0.15, -0.1) is 0 Å². The molecule has 1 aromatic carbocycles. The third kappa shape index (κ3) is 4.70. The molecule has 0 aliphatic carbocycles.